The normalized spacial score (nSPS) is 16.7. The van der Waals surface area contributed by atoms with Gasteiger partial charge in [-0.05, 0) is 43.6 Å². The number of nitrogens with zero attached hydrogens (tertiary/aromatic N) is 3. The van der Waals surface area contributed by atoms with E-state index < -0.39 is 0 Å². The molecule has 120 valence electrons. The number of likely N-dealkylation sites (tertiary alicyclic amines) is 1. The number of methoxy groups -OCH3 is 1. The lowest BCUT2D eigenvalue weighted by atomic mass is 9.93. The molecule has 3 rings (SSSR count). The van der Waals surface area contributed by atoms with Gasteiger partial charge in [0.2, 0.25) is 0 Å². The minimum Gasteiger partial charge on any atom is -0.486 e. The number of piperidine rings is 1. The molecule has 0 saturated carbocycles. The molecule has 0 atom stereocenters. The van der Waals surface area contributed by atoms with Crippen molar-refractivity contribution in [2.45, 2.75) is 25.3 Å². The van der Waals surface area contributed by atoms with Crippen LogP contribution in [-0.2, 0) is 11.3 Å². The summed E-state index contributed by atoms with van der Waals surface area (Å²) in [6, 6.07) is 14.8. The number of ether oxygens (including phenoxy) is 1. The Labute approximate surface area is 137 Å². The van der Waals surface area contributed by atoms with Crippen molar-refractivity contribution in [3.05, 3.63) is 59.9 Å². The quantitative estimate of drug-likeness (QED) is 0.623. The number of aromatic nitrogens is 1. The SMILES string of the molecule is CO/C=N\c1ccc(C2CCN(Cc3ccccc3)CC2)nc1. The first-order chi connectivity index (χ1) is 11.3. The first kappa shape index (κ1) is 15.7. The van der Waals surface area contributed by atoms with Crippen LogP contribution in [0.3, 0.4) is 0 Å². The number of benzene rings is 1. The molecule has 0 bridgehead atoms. The van der Waals surface area contributed by atoms with E-state index in [9.17, 15) is 0 Å². The summed E-state index contributed by atoms with van der Waals surface area (Å²) in [7, 11) is 1.59. The molecule has 23 heavy (non-hydrogen) atoms. The summed E-state index contributed by atoms with van der Waals surface area (Å²) < 4.78 is 4.83. The molecule has 1 aliphatic heterocycles. The van der Waals surface area contributed by atoms with E-state index >= 15 is 0 Å². The van der Waals surface area contributed by atoms with Crippen molar-refractivity contribution in [1.82, 2.24) is 9.88 Å². The van der Waals surface area contributed by atoms with Crippen molar-refractivity contribution in [3.63, 3.8) is 0 Å². The van der Waals surface area contributed by atoms with Crippen molar-refractivity contribution in [1.29, 1.82) is 0 Å². The average molecular weight is 309 g/mol. The molecular weight excluding hydrogens is 286 g/mol. The van der Waals surface area contributed by atoms with E-state index in [1.165, 1.54) is 30.5 Å². The third-order valence-corrected chi connectivity index (χ3v) is 4.33. The fourth-order valence-electron chi connectivity index (χ4n) is 3.06. The Hall–Kier alpha value is -2.20. The highest BCUT2D eigenvalue weighted by atomic mass is 16.5. The molecule has 1 aromatic carbocycles. The van der Waals surface area contributed by atoms with Crippen LogP contribution in [0, 0.1) is 0 Å². The van der Waals surface area contributed by atoms with Gasteiger partial charge < -0.3 is 4.74 Å². The summed E-state index contributed by atoms with van der Waals surface area (Å²) in [6.07, 6.45) is 5.58. The van der Waals surface area contributed by atoms with Gasteiger partial charge in [0, 0.05) is 18.2 Å². The number of pyridine rings is 1. The molecule has 2 heterocycles. The minimum absolute atomic E-state index is 0.558. The van der Waals surface area contributed by atoms with Gasteiger partial charge in [0.05, 0.1) is 19.0 Å². The first-order valence-corrected chi connectivity index (χ1v) is 8.13. The van der Waals surface area contributed by atoms with Crippen LogP contribution in [0.25, 0.3) is 0 Å². The second kappa shape index (κ2) is 7.88. The van der Waals surface area contributed by atoms with Gasteiger partial charge >= 0.3 is 0 Å². The minimum atomic E-state index is 0.558. The molecule has 0 spiro atoms. The van der Waals surface area contributed by atoms with Gasteiger partial charge in [0.1, 0.15) is 0 Å². The van der Waals surface area contributed by atoms with Crippen LogP contribution < -0.4 is 0 Å². The number of aliphatic imine (C=N–C) groups is 1. The fourth-order valence-corrected chi connectivity index (χ4v) is 3.06. The summed E-state index contributed by atoms with van der Waals surface area (Å²) >= 11 is 0. The van der Waals surface area contributed by atoms with Gasteiger partial charge in [-0.25, -0.2) is 4.99 Å². The van der Waals surface area contributed by atoms with Crippen LogP contribution in [0.4, 0.5) is 5.69 Å². The molecule has 0 N–H and O–H groups in total. The Morgan fingerprint density at radius 2 is 1.96 bits per heavy atom. The molecule has 0 unspecified atom stereocenters. The summed E-state index contributed by atoms with van der Waals surface area (Å²) in [5.74, 6) is 0.558. The molecule has 0 radical (unpaired) electrons. The van der Waals surface area contributed by atoms with E-state index in [2.05, 4.69) is 51.3 Å². The fraction of sp³-hybridized carbons (Fsp3) is 0.368. The lowest BCUT2D eigenvalue weighted by molar-refractivity contribution is 0.203. The maximum atomic E-state index is 4.83. The average Bonchev–Trinajstić information content (AvgIpc) is 2.62. The van der Waals surface area contributed by atoms with E-state index in [0.717, 1.165) is 25.3 Å². The highest BCUT2D eigenvalue weighted by molar-refractivity contribution is 5.54. The van der Waals surface area contributed by atoms with Crippen molar-refractivity contribution in [2.75, 3.05) is 20.2 Å². The van der Waals surface area contributed by atoms with Gasteiger partial charge in [-0.3, -0.25) is 9.88 Å². The molecule has 0 aliphatic carbocycles. The topological polar surface area (TPSA) is 37.7 Å². The second-order valence-electron chi connectivity index (χ2n) is 5.95. The third kappa shape index (κ3) is 4.39. The van der Waals surface area contributed by atoms with E-state index in [4.69, 9.17) is 4.74 Å². The Balaban J connectivity index is 1.53. The van der Waals surface area contributed by atoms with Gasteiger partial charge in [0.15, 0.2) is 6.40 Å². The van der Waals surface area contributed by atoms with E-state index in [-0.39, 0.29) is 0 Å². The zero-order chi connectivity index (χ0) is 15.9. The Kier molecular flexibility index (Phi) is 5.37. The van der Waals surface area contributed by atoms with Crippen molar-refractivity contribution < 1.29 is 4.74 Å². The van der Waals surface area contributed by atoms with Crippen molar-refractivity contribution in [3.8, 4) is 0 Å². The standard InChI is InChI=1S/C19H23N3O/c1-23-15-21-18-7-8-19(20-13-18)17-9-11-22(12-10-17)14-16-5-3-2-4-6-16/h2-8,13,15,17H,9-12,14H2,1H3/b21-15-. The van der Waals surface area contributed by atoms with Crippen LogP contribution >= 0.6 is 0 Å². The van der Waals surface area contributed by atoms with Gasteiger partial charge in [-0.15, -0.1) is 0 Å². The molecule has 1 fully saturated rings. The number of rotatable bonds is 5. The first-order valence-electron chi connectivity index (χ1n) is 8.13. The summed E-state index contributed by atoms with van der Waals surface area (Å²) in [6.45, 7) is 3.31. The van der Waals surface area contributed by atoms with Crippen molar-refractivity contribution >= 4 is 12.1 Å². The summed E-state index contributed by atoms with van der Waals surface area (Å²) in [5, 5.41) is 0. The number of hydrogen-bond acceptors (Lipinski definition) is 4. The lowest BCUT2D eigenvalue weighted by Crippen LogP contribution is -2.32. The number of hydrogen-bond donors (Lipinski definition) is 0. The monoisotopic (exact) mass is 309 g/mol. The van der Waals surface area contributed by atoms with Crippen LogP contribution in [0.15, 0.2) is 53.7 Å². The van der Waals surface area contributed by atoms with Crippen LogP contribution in [0.5, 0.6) is 0 Å². The lowest BCUT2D eigenvalue weighted by Gasteiger charge is -2.31. The smallest absolute Gasteiger partial charge is 0.174 e. The van der Waals surface area contributed by atoms with Gasteiger partial charge in [-0.2, -0.15) is 0 Å². The van der Waals surface area contributed by atoms with Crippen molar-refractivity contribution in [2.24, 2.45) is 4.99 Å². The van der Waals surface area contributed by atoms with Gasteiger partial charge in [-0.1, -0.05) is 30.3 Å². The summed E-state index contributed by atoms with van der Waals surface area (Å²) in [5.41, 5.74) is 3.40. The molecule has 1 saturated heterocycles. The Morgan fingerprint density at radius 1 is 1.17 bits per heavy atom. The largest absolute Gasteiger partial charge is 0.486 e. The second-order valence-corrected chi connectivity index (χ2v) is 5.95. The van der Waals surface area contributed by atoms with Crippen LogP contribution in [-0.4, -0.2) is 36.5 Å². The van der Waals surface area contributed by atoms with Crippen LogP contribution in [0.1, 0.15) is 30.0 Å². The third-order valence-electron chi connectivity index (χ3n) is 4.33. The predicted octanol–water partition coefficient (Wildman–Crippen LogP) is 3.77. The molecule has 1 aromatic heterocycles. The van der Waals surface area contributed by atoms with Crippen LogP contribution in [0.2, 0.25) is 0 Å². The maximum Gasteiger partial charge on any atom is 0.174 e. The maximum absolute atomic E-state index is 4.83. The molecule has 4 heteroatoms. The zero-order valence-corrected chi connectivity index (χ0v) is 13.6. The molecule has 2 aromatic rings. The predicted molar refractivity (Wildman–Crippen MR) is 93.1 cm³/mol. The molecule has 0 amide bonds. The molecule has 4 nitrogen and oxygen atoms in total. The van der Waals surface area contributed by atoms with E-state index in [1.807, 2.05) is 12.3 Å². The summed E-state index contributed by atoms with van der Waals surface area (Å²) in [4.78, 5) is 11.3. The Morgan fingerprint density at radius 3 is 2.61 bits per heavy atom. The Bertz CT molecular complexity index is 617. The van der Waals surface area contributed by atoms with Gasteiger partial charge in [0.25, 0.3) is 0 Å². The molecular formula is C19H23N3O. The van der Waals surface area contributed by atoms with E-state index in [0.29, 0.717) is 5.92 Å². The zero-order valence-electron chi connectivity index (χ0n) is 13.6. The highest BCUT2D eigenvalue weighted by Crippen LogP contribution is 2.28. The van der Waals surface area contributed by atoms with E-state index in [1.54, 1.807) is 7.11 Å². The molecule has 1 aliphatic rings. The highest BCUT2D eigenvalue weighted by Gasteiger charge is 2.21.